The third-order valence-electron chi connectivity index (χ3n) is 4.36. The number of anilines is 1. The van der Waals surface area contributed by atoms with Gasteiger partial charge in [0.25, 0.3) is 5.69 Å². The summed E-state index contributed by atoms with van der Waals surface area (Å²) in [5, 5.41) is 16.7. The molecule has 1 atom stereocenters. The fraction of sp³-hybridized carbons (Fsp3) is 0.562. The summed E-state index contributed by atoms with van der Waals surface area (Å²) in [5.74, 6) is 0.243. The summed E-state index contributed by atoms with van der Waals surface area (Å²) < 4.78 is 0. The molecule has 0 radical (unpaired) electrons. The number of carbonyl (C=O) groups excluding carboxylic acids is 1. The minimum atomic E-state index is -0.467. The second-order valence-corrected chi connectivity index (χ2v) is 5.94. The molecule has 23 heavy (non-hydrogen) atoms. The number of benzene rings is 1. The number of nitrogens with one attached hydrogen (secondary N) is 2. The van der Waals surface area contributed by atoms with Crippen molar-refractivity contribution in [2.24, 2.45) is 11.7 Å². The molecule has 126 valence electrons. The van der Waals surface area contributed by atoms with Gasteiger partial charge in [0.1, 0.15) is 5.69 Å². The molecule has 1 aliphatic carbocycles. The summed E-state index contributed by atoms with van der Waals surface area (Å²) in [4.78, 5) is 22.6. The van der Waals surface area contributed by atoms with E-state index in [0.717, 1.165) is 12.8 Å². The van der Waals surface area contributed by atoms with Crippen molar-refractivity contribution in [3.05, 3.63) is 34.4 Å². The molecule has 7 heteroatoms. The summed E-state index contributed by atoms with van der Waals surface area (Å²) in [6, 6.07) is 6.27. The Morgan fingerprint density at radius 2 is 2.00 bits per heavy atom. The van der Waals surface area contributed by atoms with Crippen molar-refractivity contribution in [2.75, 3.05) is 18.4 Å². The first-order chi connectivity index (χ1) is 11.1. The molecule has 0 aliphatic heterocycles. The van der Waals surface area contributed by atoms with Crippen LogP contribution >= 0.6 is 0 Å². The maximum atomic E-state index is 12.1. The molecular formula is C16H24N4O3. The largest absolute Gasteiger partial charge is 0.371 e. The van der Waals surface area contributed by atoms with E-state index in [0.29, 0.717) is 18.2 Å². The molecule has 0 heterocycles. The quantitative estimate of drug-likeness (QED) is 0.526. The van der Waals surface area contributed by atoms with Gasteiger partial charge in [-0.1, -0.05) is 31.4 Å². The van der Waals surface area contributed by atoms with E-state index in [1.807, 2.05) is 0 Å². The second kappa shape index (κ2) is 8.47. The standard InChI is InChI=1S/C16H24N4O3/c17-10-14(12-6-2-1-3-7-12)19-16(21)11-18-13-8-4-5-9-15(13)20(22)23/h4-5,8-9,12,14,18H,1-3,6-7,10-11,17H2,(H,19,21). The highest BCUT2D eigenvalue weighted by molar-refractivity contribution is 5.82. The lowest BCUT2D eigenvalue weighted by molar-refractivity contribution is -0.383. The van der Waals surface area contributed by atoms with Crippen LogP contribution in [0.1, 0.15) is 32.1 Å². The zero-order valence-corrected chi connectivity index (χ0v) is 13.2. The Morgan fingerprint density at radius 3 is 2.65 bits per heavy atom. The Labute approximate surface area is 135 Å². The number of carbonyl (C=O) groups is 1. The molecule has 7 nitrogen and oxygen atoms in total. The molecule has 1 saturated carbocycles. The summed E-state index contributed by atoms with van der Waals surface area (Å²) in [6.07, 6.45) is 5.82. The number of nitro groups is 1. The summed E-state index contributed by atoms with van der Waals surface area (Å²) in [6.45, 7) is 0.413. The lowest BCUT2D eigenvalue weighted by atomic mass is 9.84. The van der Waals surface area contributed by atoms with Crippen molar-refractivity contribution in [1.29, 1.82) is 0 Å². The lowest BCUT2D eigenvalue weighted by Gasteiger charge is -2.30. The average Bonchev–Trinajstić information content (AvgIpc) is 2.58. The van der Waals surface area contributed by atoms with Crippen molar-refractivity contribution in [1.82, 2.24) is 5.32 Å². The molecule has 1 unspecified atom stereocenters. The molecule has 4 N–H and O–H groups in total. The van der Waals surface area contributed by atoms with Gasteiger partial charge in [-0.05, 0) is 24.8 Å². The maximum absolute atomic E-state index is 12.1. The van der Waals surface area contributed by atoms with Crippen LogP contribution in [0.3, 0.4) is 0 Å². The van der Waals surface area contributed by atoms with Crippen molar-refractivity contribution in [3.63, 3.8) is 0 Å². The molecule has 2 rings (SSSR count). The zero-order valence-electron chi connectivity index (χ0n) is 13.2. The van der Waals surface area contributed by atoms with Gasteiger partial charge in [-0.15, -0.1) is 0 Å². The molecule has 0 spiro atoms. The maximum Gasteiger partial charge on any atom is 0.292 e. The fourth-order valence-corrected chi connectivity index (χ4v) is 3.12. The van der Waals surface area contributed by atoms with Gasteiger partial charge in [0.15, 0.2) is 0 Å². The van der Waals surface area contributed by atoms with Crippen molar-refractivity contribution >= 4 is 17.3 Å². The lowest BCUT2D eigenvalue weighted by Crippen LogP contribution is -2.47. The topological polar surface area (TPSA) is 110 Å². The van der Waals surface area contributed by atoms with E-state index in [2.05, 4.69) is 10.6 Å². The molecule has 1 amide bonds. The van der Waals surface area contributed by atoms with Crippen molar-refractivity contribution in [2.45, 2.75) is 38.1 Å². The number of hydrogen-bond acceptors (Lipinski definition) is 5. The average molecular weight is 320 g/mol. The van der Waals surface area contributed by atoms with Crippen LogP contribution in [-0.4, -0.2) is 30.0 Å². The highest BCUT2D eigenvalue weighted by Crippen LogP contribution is 2.26. The molecule has 0 aromatic heterocycles. The van der Waals surface area contributed by atoms with Crippen LogP contribution in [0.5, 0.6) is 0 Å². The normalized spacial score (nSPS) is 16.6. The molecule has 0 saturated heterocycles. The Hall–Kier alpha value is -2.15. The van der Waals surface area contributed by atoms with Crippen LogP contribution in [0.2, 0.25) is 0 Å². The summed E-state index contributed by atoms with van der Waals surface area (Å²) >= 11 is 0. The minimum Gasteiger partial charge on any atom is -0.371 e. The molecule has 1 aliphatic rings. The van der Waals surface area contributed by atoms with E-state index in [-0.39, 0.29) is 24.2 Å². The van der Waals surface area contributed by atoms with E-state index in [1.165, 1.54) is 25.3 Å². The second-order valence-electron chi connectivity index (χ2n) is 5.94. The minimum absolute atomic E-state index is 0.00588. The fourth-order valence-electron chi connectivity index (χ4n) is 3.12. The molecule has 1 aromatic rings. The summed E-state index contributed by atoms with van der Waals surface area (Å²) in [5.41, 5.74) is 6.10. The highest BCUT2D eigenvalue weighted by Gasteiger charge is 2.24. The summed E-state index contributed by atoms with van der Waals surface area (Å²) in [7, 11) is 0. The van der Waals surface area contributed by atoms with Gasteiger partial charge in [-0.2, -0.15) is 0 Å². The van der Waals surface area contributed by atoms with Crippen LogP contribution in [-0.2, 0) is 4.79 Å². The van der Waals surface area contributed by atoms with Crippen LogP contribution in [0.25, 0.3) is 0 Å². The number of nitro benzene ring substituents is 1. The Bertz CT molecular complexity index is 544. The predicted octanol–water partition coefficient (Wildman–Crippen LogP) is 2.03. The first-order valence-corrected chi connectivity index (χ1v) is 8.08. The van der Waals surface area contributed by atoms with Gasteiger partial charge < -0.3 is 16.4 Å². The third-order valence-corrected chi connectivity index (χ3v) is 4.36. The monoisotopic (exact) mass is 320 g/mol. The number of rotatable bonds is 7. The molecule has 1 aromatic carbocycles. The van der Waals surface area contributed by atoms with Gasteiger partial charge in [0.05, 0.1) is 11.5 Å². The van der Waals surface area contributed by atoms with Gasteiger partial charge in [0, 0.05) is 18.7 Å². The first kappa shape index (κ1) is 17.2. The van der Waals surface area contributed by atoms with Crippen LogP contribution in [0.4, 0.5) is 11.4 Å². The third kappa shape index (κ3) is 4.92. The molecule has 0 bridgehead atoms. The van der Waals surface area contributed by atoms with E-state index in [1.54, 1.807) is 18.2 Å². The van der Waals surface area contributed by atoms with Gasteiger partial charge in [0.2, 0.25) is 5.91 Å². The first-order valence-electron chi connectivity index (χ1n) is 8.08. The zero-order chi connectivity index (χ0) is 16.7. The van der Waals surface area contributed by atoms with E-state index in [9.17, 15) is 14.9 Å². The van der Waals surface area contributed by atoms with Crippen LogP contribution in [0.15, 0.2) is 24.3 Å². The number of nitrogens with zero attached hydrogens (tertiary/aromatic N) is 1. The number of para-hydroxylation sites is 2. The van der Waals surface area contributed by atoms with Crippen LogP contribution in [0, 0.1) is 16.0 Å². The predicted molar refractivity (Wildman–Crippen MR) is 89.1 cm³/mol. The van der Waals surface area contributed by atoms with Gasteiger partial charge >= 0.3 is 0 Å². The highest BCUT2D eigenvalue weighted by atomic mass is 16.6. The smallest absolute Gasteiger partial charge is 0.292 e. The molecule has 1 fully saturated rings. The SMILES string of the molecule is NCC(NC(=O)CNc1ccccc1[N+](=O)[O-])C1CCCCC1. The number of hydrogen-bond donors (Lipinski definition) is 3. The van der Waals surface area contributed by atoms with E-state index < -0.39 is 4.92 Å². The molecular weight excluding hydrogens is 296 g/mol. The van der Waals surface area contributed by atoms with E-state index >= 15 is 0 Å². The van der Waals surface area contributed by atoms with Crippen molar-refractivity contribution < 1.29 is 9.72 Å². The van der Waals surface area contributed by atoms with E-state index in [4.69, 9.17) is 5.73 Å². The number of amides is 1. The van der Waals surface area contributed by atoms with Gasteiger partial charge in [-0.3, -0.25) is 14.9 Å². The van der Waals surface area contributed by atoms with Crippen LogP contribution < -0.4 is 16.4 Å². The Balaban J connectivity index is 1.88. The van der Waals surface area contributed by atoms with Gasteiger partial charge in [-0.25, -0.2) is 0 Å². The number of nitrogens with two attached hydrogens (primary N) is 1. The van der Waals surface area contributed by atoms with Crippen molar-refractivity contribution in [3.8, 4) is 0 Å². The Morgan fingerprint density at radius 1 is 1.30 bits per heavy atom. The Kier molecular flexibility index (Phi) is 6.34.